The van der Waals surface area contributed by atoms with Crippen molar-refractivity contribution in [2.24, 2.45) is 0 Å². The molecule has 2 bridgehead atoms. The molecule has 1 fully saturated rings. The molecule has 1 nitrogen and oxygen atoms in total. The van der Waals surface area contributed by atoms with Crippen molar-refractivity contribution in [1.82, 2.24) is 0 Å². The van der Waals surface area contributed by atoms with Gasteiger partial charge in [0.1, 0.15) is 0 Å². The topological polar surface area (TPSA) is 3.24 Å². The Morgan fingerprint density at radius 1 is 0.714 bits per heavy atom. The van der Waals surface area contributed by atoms with Gasteiger partial charge in [-0.2, -0.15) is 0 Å². The van der Waals surface area contributed by atoms with Crippen LogP contribution >= 0.6 is 31.9 Å². The van der Waals surface area contributed by atoms with Crippen LogP contribution in [0.4, 0.5) is 17.1 Å². The summed E-state index contributed by atoms with van der Waals surface area (Å²) >= 11 is 7.25. The van der Waals surface area contributed by atoms with Crippen LogP contribution in [0.5, 0.6) is 0 Å². The molecule has 2 aliphatic carbocycles. The van der Waals surface area contributed by atoms with Gasteiger partial charge in [0.15, 0.2) is 0 Å². The number of allylic oxidation sites excluding steroid dienone is 1. The van der Waals surface area contributed by atoms with Gasteiger partial charge in [0.05, 0.1) is 0 Å². The zero-order valence-corrected chi connectivity index (χ0v) is 23.2. The highest BCUT2D eigenvalue weighted by atomic mass is 79.9. The summed E-state index contributed by atoms with van der Waals surface area (Å²) in [5.41, 5.74) is 13.1. The largest absolute Gasteiger partial charge is 0.310 e. The highest BCUT2D eigenvalue weighted by Gasteiger charge is 2.27. The third kappa shape index (κ3) is 4.30. The standard InChI is InChI=1S/C32H27Br2N/c1-20-15-27(33)9-13-31(20)35(32-14-10-28(34)16-21(32)2)29-11-7-23(8-12-29)24-5-6-26-18-22-3-4-25(17-22)30(26)19-24/h5-16,18-19,25H,3-4,17H2,1-2H3. The van der Waals surface area contributed by atoms with Gasteiger partial charge in [0.25, 0.3) is 0 Å². The van der Waals surface area contributed by atoms with Crippen molar-refractivity contribution >= 4 is 55.0 Å². The van der Waals surface area contributed by atoms with Crippen LogP contribution in [0.15, 0.2) is 93.4 Å². The summed E-state index contributed by atoms with van der Waals surface area (Å²) in [4.78, 5) is 2.37. The van der Waals surface area contributed by atoms with Crippen molar-refractivity contribution in [1.29, 1.82) is 0 Å². The maximum atomic E-state index is 3.63. The van der Waals surface area contributed by atoms with E-state index in [4.69, 9.17) is 0 Å². The van der Waals surface area contributed by atoms with Crippen molar-refractivity contribution in [2.45, 2.75) is 39.0 Å². The normalized spacial score (nSPS) is 16.1. The van der Waals surface area contributed by atoms with Gasteiger partial charge >= 0.3 is 0 Å². The lowest BCUT2D eigenvalue weighted by Gasteiger charge is -2.29. The molecule has 2 aliphatic rings. The van der Waals surface area contributed by atoms with E-state index in [9.17, 15) is 0 Å². The lowest BCUT2D eigenvalue weighted by molar-refractivity contribution is 0.727. The Morgan fingerprint density at radius 3 is 1.97 bits per heavy atom. The first-order chi connectivity index (χ1) is 17.0. The van der Waals surface area contributed by atoms with Crippen molar-refractivity contribution in [2.75, 3.05) is 4.90 Å². The molecule has 0 N–H and O–H groups in total. The van der Waals surface area contributed by atoms with E-state index in [1.54, 1.807) is 5.57 Å². The summed E-state index contributed by atoms with van der Waals surface area (Å²) in [5, 5.41) is 0. The van der Waals surface area contributed by atoms with E-state index in [1.165, 1.54) is 64.0 Å². The molecule has 1 saturated carbocycles. The molecule has 0 amide bonds. The quantitative estimate of drug-likeness (QED) is 0.230. The molecule has 0 radical (unpaired) electrons. The maximum Gasteiger partial charge on any atom is 0.0491 e. The Hall–Kier alpha value is -2.62. The fraction of sp³-hybridized carbons (Fsp3) is 0.188. The predicted octanol–water partition coefficient (Wildman–Crippen LogP) is 10.6. The highest BCUT2D eigenvalue weighted by molar-refractivity contribution is 9.10. The Labute approximate surface area is 224 Å². The van der Waals surface area contributed by atoms with E-state index >= 15 is 0 Å². The molecule has 0 spiro atoms. The van der Waals surface area contributed by atoms with Gasteiger partial charge in [-0.05, 0) is 121 Å². The van der Waals surface area contributed by atoms with Crippen molar-refractivity contribution in [3.05, 3.63) is 116 Å². The summed E-state index contributed by atoms with van der Waals surface area (Å²) in [6.07, 6.45) is 6.24. The molecule has 1 unspecified atom stereocenters. The molecule has 174 valence electrons. The SMILES string of the molecule is Cc1cc(Br)ccc1N(c1ccc(-c2ccc3c(c2)C2CCC(=C3)C2)cc1)c1ccc(Br)cc1C. The van der Waals surface area contributed by atoms with Crippen LogP contribution in [0.3, 0.4) is 0 Å². The fourth-order valence-corrected chi connectivity index (χ4v) is 6.64. The average molecular weight is 585 g/mol. The van der Waals surface area contributed by atoms with E-state index in [2.05, 4.69) is 136 Å². The summed E-state index contributed by atoms with van der Waals surface area (Å²) in [6, 6.07) is 29.1. The Bertz CT molecular complexity index is 1410. The summed E-state index contributed by atoms with van der Waals surface area (Å²) < 4.78 is 2.19. The molecular formula is C32H27Br2N. The first kappa shape index (κ1) is 22.8. The minimum atomic E-state index is 0.709. The van der Waals surface area contributed by atoms with Gasteiger partial charge in [-0.15, -0.1) is 0 Å². The van der Waals surface area contributed by atoms with Crippen LogP contribution in [-0.4, -0.2) is 0 Å². The smallest absolute Gasteiger partial charge is 0.0491 e. The van der Waals surface area contributed by atoms with Crippen LogP contribution in [0.25, 0.3) is 17.2 Å². The zero-order valence-electron chi connectivity index (χ0n) is 20.0. The number of nitrogens with zero attached hydrogens (tertiary/aromatic N) is 1. The number of benzene rings is 4. The predicted molar refractivity (Wildman–Crippen MR) is 156 cm³/mol. The second-order valence-corrected chi connectivity index (χ2v) is 11.7. The van der Waals surface area contributed by atoms with E-state index in [0.717, 1.165) is 14.6 Å². The zero-order chi connectivity index (χ0) is 24.1. The molecule has 1 atom stereocenters. The first-order valence-corrected chi connectivity index (χ1v) is 13.8. The monoisotopic (exact) mass is 583 g/mol. The number of anilines is 3. The van der Waals surface area contributed by atoms with Gasteiger partial charge in [-0.1, -0.05) is 73.8 Å². The van der Waals surface area contributed by atoms with Crippen LogP contribution in [0.1, 0.15) is 47.4 Å². The van der Waals surface area contributed by atoms with Crippen LogP contribution in [0, 0.1) is 13.8 Å². The Kier molecular flexibility index (Phi) is 5.94. The van der Waals surface area contributed by atoms with Gasteiger partial charge in [-0.25, -0.2) is 0 Å². The number of rotatable bonds is 4. The van der Waals surface area contributed by atoms with Crippen molar-refractivity contribution in [3.63, 3.8) is 0 Å². The molecule has 4 aromatic carbocycles. The summed E-state index contributed by atoms with van der Waals surface area (Å²) in [7, 11) is 0. The second-order valence-electron chi connectivity index (χ2n) is 9.83. The van der Waals surface area contributed by atoms with Crippen molar-refractivity contribution < 1.29 is 0 Å². The van der Waals surface area contributed by atoms with Crippen LogP contribution in [0.2, 0.25) is 0 Å². The third-order valence-corrected chi connectivity index (χ3v) is 8.45. The van der Waals surface area contributed by atoms with Crippen LogP contribution < -0.4 is 4.90 Å². The van der Waals surface area contributed by atoms with E-state index in [0.29, 0.717) is 5.92 Å². The molecule has 0 aliphatic heterocycles. The van der Waals surface area contributed by atoms with E-state index in [1.807, 2.05) is 0 Å². The Morgan fingerprint density at radius 2 is 1.34 bits per heavy atom. The fourth-order valence-electron chi connectivity index (χ4n) is 5.69. The molecule has 3 heteroatoms. The number of hydrogen-bond donors (Lipinski definition) is 0. The average Bonchev–Trinajstić information content (AvgIpc) is 3.24. The van der Waals surface area contributed by atoms with E-state index < -0.39 is 0 Å². The maximum absolute atomic E-state index is 3.63. The molecule has 4 aromatic rings. The number of fused-ring (bicyclic) bond motifs is 4. The minimum Gasteiger partial charge on any atom is -0.310 e. The van der Waals surface area contributed by atoms with Crippen LogP contribution in [-0.2, 0) is 0 Å². The first-order valence-electron chi connectivity index (χ1n) is 12.2. The lowest BCUT2D eigenvalue weighted by atomic mass is 9.86. The lowest BCUT2D eigenvalue weighted by Crippen LogP contribution is -2.12. The molecule has 35 heavy (non-hydrogen) atoms. The number of hydrogen-bond acceptors (Lipinski definition) is 1. The van der Waals surface area contributed by atoms with Crippen molar-refractivity contribution in [3.8, 4) is 11.1 Å². The number of aryl methyl sites for hydroxylation is 2. The molecule has 0 aromatic heterocycles. The third-order valence-electron chi connectivity index (χ3n) is 7.47. The summed E-state index contributed by atoms with van der Waals surface area (Å²) in [6.45, 7) is 4.34. The molecular weight excluding hydrogens is 558 g/mol. The number of halogens is 2. The summed E-state index contributed by atoms with van der Waals surface area (Å²) in [5.74, 6) is 0.709. The van der Waals surface area contributed by atoms with Gasteiger partial charge in [0.2, 0.25) is 0 Å². The second kappa shape index (κ2) is 9.11. The molecule has 0 saturated heterocycles. The van der Waals surface area contributed by atoms with Gasteiger partial charge in [0, 0.05) is 26.0 Å². The molecule has 0 heterocycles. The minimum absolute atomic E-state index is 0.709. The van der Waals surface area contributed by atoms with Gasteiger partial charge in [-0.3, -0.25) is 0 Å². The van der Waals surface area contributed by atoms with E-state index in [-0.39, 0.29) is 0 Å². The van der Waals surface area contributed by atoms with Gasteiger partial charge < -0.3 is 4.90 Å². The Balaban J connectivity index is 1.41. The molecule has 6 rings (SSSR count). The highest BCUT2D eigenvalue weighted by Crippen LogP contribution is 2.46.